The highest BCUT2D eigenvalue weighted by atomic mass is 16.5. The molecule has 0 fully saturated rings. The first-order valence-corrected chi connectivity index (χ1v) is 7.10. The zero-order valence-electron chi connectivity index (χ0n) is 12.8. The normalized spacial score (nSPS) is 12.6. The molecule has 1 nitrogen and oxygen atoms in total. The molecule has 0 amide bonds. The van der Waals surface area contributed by atoms with Crippen molar-refractivity contribution in [2.24, 2.45) is 0 Å². The average Bonchev–Trinajstić information content (AvgIpc) is 2.28. The lowest BCUT2D eigenvalue weighted by molar-refractivity contribution is 0.0983. The average molecular weight is 248 g/mol. The molecule has 0 aliphatic rings. The van der Waals surface area contributed by atoms with Gasteiger partial charge in [-0.3, -0.25) is 0 Å². The summed E-state index contributed by atoms with van der Waals surface area (Å²) in [6.45, 7) is 13.3. The van der Waals surface area contributed by atoms with Crippen LogP contribution >= 0.6 is 0 Å². The zero-order chi connectivity index (χ0) is 13.8. The second-order valence-corrected chi connectivity index (χ2v) is 6.38. The van der Waals surface area contributed by atoms with E-state index in [2.05, 4.69) is 65.8 Å². The summed E-state index contributed by atoms with van der Waals surface area (Å²) in [7, 11) is 0. The quantitative estimate of drug-likeness (QED) is 0.661. The molecule has 1 rings (SSSR count). The Bertz CT molecular complexity index is 377. The topological polar surface area (TPSA) is 9.23 Å². The smallest absolute Gasteiger partial charge is 0.120 e. The molecule has 18 heavy (non-hydrogen) atoms. The molecule has 0 saturated heterocycles. The zero-order valence-corrected chi connectivity index (χ0v) is 12.8. The summed E-state index contributed by atoms with van der Waals surface area (Å²) >= 11 is 0. The molecule has 1 heteroatoms. The van der Waals surface area contributed by atoms with Crippen LogP contribution in [0.5, 0.6) is 5.75 Å². The highest BCUT2D eigenvalue weighted by molar-refractivity contribution is 5.33. The first-order chi connectivity index (χ1) is 8.30. The minimum absolute atomic E-state index is 0.0796. The molecule has 0 aromatic heterocycles. The third-order valence-corrected chi connectivity index (χ3v) is 3.75. The van der Waals surface area contributed by atoms with Crippen molar-refractivity contribution in [3.05, 3.63) is 29.8 Å². The van der Waals surface area contributed by atoms with Gasteiger partial charge in [-0.15, -0.1) is 0 Å². The van der Waals surface area contributed by atoms with Gasteiger partial charge in [0.15, 0.2) is 0 Å². The van der Waals surface area contributed by atoms with Crippen LogP contribution in [-0.4, -0.2) is 5.60 Å². The van der Waals surface area contributed by atoms with Crippen molar-refractivity contribution in [2.45, 2.75) is 71.8 Å². The Balaban J connectivity index is 2.89. The summed E-state index contributed by atoms with van der Waals surface area (Å²) in [4.78, 5) is 0. The van der Waals surface area contributed by atoms with Gasteiger partial charge in [0.05, 0.1) is 0 Å². The Kier molecular flexibility index (Phi) is 4.84. The molecule has 0 radical (unpaired) electrons. The molecule has 0 unspecified atom stereocenters. The lowest BCUT2D eigenvalue weighted by Crippen LogP contribution is -2.28. The van der Waals surface area contributed by atoms with Crippen molar-refractivity contribution in [3.63, 3.8) is 0 Å². The first-order valence-electron chi connectivity index (χ1n) is 7.10. The summed E-state index contributed by atoms with van der Waals surface area (Å²) in [5.41, 5.74) is 1.49. The third-order valence-electron chi connectivity index (χ3n) is 3.75. The van der Waals surface area contributed by atoms with Crippen molar-refractivity contribution in [1.82, 2.24) is 0 Å². The summed E-state index contributed by atoms with van der Waals surface area (Å²) < 4.78 is 6.12. The standard InChI is InChI=1S/C17H28O/c1-7-12-17(5,6)18-15-11-9-10-14(13-15)16(3,4)8-2/h9-11,13H,7-8,12H2,1-6H3. The lowest BCUT2D eigenvalue weighted by atomic mass is 9.82. The Morgan fingerprint density at radius 2 is 1.72 bits per heavy atom. The van der Waals surface area contributed by atoms with E-state index in [0.29, 0.717) is 0 Å². The second kappa shape index (κ2) is 5.77. The molecule has 0 atom stereocenters. The SMILES string of the molecule is CCCC(C)(C)Oc1cccc(C(C)(C)CC)c1. The Morgan fingerprint density at radius 1 is 1.06 bits per heavy atom. The van der Waals surface area contributed by atoms with E-state index in [1.807, 2.05) is 0 Å². The lowest BCUT2D eigenvalue weighted by Gasteiger charge is -2.28. The van der Waals surface area contributed by atoms with Gasteiger partial charge in [-0.05, 0) is 49.8 Å². The van der Waals surface area contributed by atoms with Gasteiger partial charge in [-0.1, -0.05) is 46.2 Å². The summed E-state index contributed by atoms with van der Waals surface area (Å²) in [6.07, 6.45) is 3.36. The number of hydrogen-bond acceptors (Lipinski definition) is 1. The highest BCUT2D eigenvalue weighted by Gasteiger charge is 2.21. The van der Waals surface area contributed by atoms with Crippen molar-refractivity contribution < 1.29 is 4.74 Å². The van der Waals surface area contributed by atoms with Crippen LogP contribution in [0.15, 0.2) is 24.3 Å². The van der Waals surface area contributed by atoms with Gasteiger partial charge in [0, 0.05) is 0 Å². The van der Waals surface area contributed by atoms with Gasteiger partial charge in [-0.2, -0.15) is 0 Å². The largest absolute Gasteiger partial charge is 0.488 e. The van der Waals surface area contributed by atoms with Gasteiger partial charge in [-0.25, -0.2) is 0 Å². The predicted octanol–water partition coefficient (Wildman–Crippen LogP) is 5.33. The fourth-order valence-corrected chi connectivity index (χ4v) is 2.16. The van der Waals surface area contributed by atoms with Crippen molar-refractivity contribution in [1.29, 1.82) is 0 Å². The maximum Gasteiger partial charge on any atom is 0.120 e. The Labute approximate surface area is 113 Å². The van der Waals surface area contributed by atoms with Crippen LogP contribution in [0.2, 0.25) is 0 Å². The predicted molar refractivity (Wildman–Crippen MR) is 79.4 cm³/mol. The van der Waals surface area contributed by atoms with Gasteiger partial charge in [0.2, 0.25) is 0 Å². The van der Waals surface area contributed by atoms with Crippen LogP contribution in [0.1, 0.15) is 66.4 Å². The molecule has 0 bridgehead atoms. The molecule has 1 aromatic rings. The van der Waals surface area contributed by atoms with Crippen LogP contribution in [0.3, 0.4) is 0 Å². The first kappa shape index (κ1) is 15.1. The second-order valence-electron chi connectivity index (χ2n) is 6.38. The summed E-state index contributed by atoms with van der Waals surface area (Å²) in [5, 5.41) is 0. The molecule has 0 heterocycles. The van der Waals surface area contributed by atoms with Crippen LogP contribution in [0.25, 0.3) is 0 Å². The third kappa shape index (κ3) is 4.04. The van der Waals surface area contributed by atoms with Crippen molar-refractivity contribution in [2.75, 3.05) is 0 Å². The van der Waals surface area contributed by atoms with Crippen molar-refractivity contribution in [3.8, 4) is 5.75 Å². The maximum atomic E-state index is 6.12. The maximum absolute atomic E-state index is 6.12. The van der Waals surface area contributed by atoms with Crippen LogP contribution in [-0.2, 0) is 5.41 Å². The molecular formula is C17H28O. The van der Waals surface area contributed by atoms with E-state index in [1.54, 1.807) is 0 Å². The number of hydrogen-bond donors (Lipinski definition) is 0. The highest BCUT2D eigenvalue weighted by Crippen LogP contribution is 2.30. The van der Waals surface area contributed by atoms with E-state index in [4.69, 9.17) is 4.74 Å². The van der Waals surface area contributed by atoms with E-state index >= 15 is 0 Å². The van der Waals surface area contributed by atoms with Gasteiger partial charge < -0.3 is 4.74 Å². The molecule has 0 N–H and O–H groups in total. The summed E-state index contributed by atoms with van der Waals surface area (Å²) in [5.74, 6) is 0.993. The van der Waals surface area contributed by atoms with Gasteiger partial charge in [0.1, 0.15) is 11.4 Å². The van der Waals surface area contributed by atoms with Crippen molar-refractivity contribution >= 4 is 0 Å². The van der Waals surface area contributed by atoms with Crippen LogP contribution in [0, 0.1) is 0 Å². The molecule has 0 aliphatic heterocycles. The number of rotatable bonds is 6. The van der Waals surface area contributed by atoms with E-state index in [9.17, 15) is 0 Å². The fraction of sp³-hybridized carbons (Fsp3) is 0.647. The Hall–Kier alpha value is -0.980. The number of benzene rings is 1. The number of ether oxygens (including phenoxy) is 1. The Morgan fingerprint density at radius 3 is 2.28 bits per heavy atom. The van der Waals surface area contributed by atoms with E-state index in [-0.39, 0.29) is 11.0 Å². The summed E-state index contributed by atoms with van der Waals surface area (Å²) in [6, 6.07) is 8.56. The molecular weight excluding hydrogens is 220 g/mol. The molecule has 0 spiro atoms. The molecule has 0 aliphatic carbocycles. The van der Waals surface area contributed by atoms with Crippen LogP contribution < -0.4 is 4.74 Å². The van der Waals surface area contributed by atoms with Gasteiger partial charge >= 0.3 is 0 Å². The van der Waals surface area contributed by atoms with E-state index < -0.39 is 0 Å². The molecule has 0 saturated carbocycles. The van der Waals surface area contributed by atoms with E-state index in [1.165, 1.54) is 5.56 Å². The minimum Gasteiger partial charge on any atom is -0.488 e. The monoisotopic (exact) mass is 248 g/mol. The van der Waals surface area contributed by atoms with Gasteiger partial charge in [0.25, 0.3) is 0 Å². The fourth-order valence-electron chi connectivity index (χ4n) is 2.16. The van der Waals surface area contributed by atoms with E-state index in [0.717, 1.165) is 25.0 Å². The molecule has 102 valence electrons. The molecule has 1 aromatic carbocycles. The minimum atomic E-state index is -0.0796. The van der Waals surface area contributed by atoms with Crippen LogP contribution in [0.4, 0.5) is 0 Å².